The van der Waals surface area contributed by atoms with Gasteiger partial charge in [-0.25, -0.2) is 0 Å². The lowest BCUT2D eigenvalue weighted by atomic mass is 9.89. The topological polar surface area (TPSA) is 54.9 Å². The van der Waals surface area contributed by atoms with Crippen LogP contribution in [0.2, 0.25) is 0 Å². The second-order valence-electron chi connectivity index (χ2n) is 6.37. The standard InChI is InChI=1S/C17H28BrN3O2/c1-17(2,3)15(23-6)11-21-16(19-4)20-10-12-7-8-14(22-5)13(18)9-12/h7-9,15H,10-11H2,1-6H3,(H2,19,20,21). The third-order valence-electron chi connectivity index (χ3n) is 3.61. The van der Waals surface area contributed by atoms with E-state index < -0.39 is 0 Å². The Hall–Kier alpha value is -1.27. The average molecular weight is 386 g/mol. The summed E-state index contributed by atoms with van der Waals surface area (Å²) in [5.41, 5.74) is 1.21. The number of aliphatic imine (C=N–C) groups is 1. The van der Waals surface area contributed by atoms with Crippen molar-refractivity contribution < 1.29 is 9.47 Å². The number of hydrogen-bond acceptors (Lipinski definition) is 3. The van der Waals surface area contributed by atoms with Gasteiger partial charge in [0.15, 0.2) is 5.96 Å². The van der Waals surface area contributed by atoms with Gasteiger partial charge < -0.3 is 20.1 Å². The van der Waals surface area contributed by atoms with Crippen LogP contribution in [0.4, 0.5) is 0 Å². The minimum absolute atomic E-state index is 0.0709. The van der Waals surface area contributed by atoms with Crippen molar-refractivity contribution in [2.45, 2.75) is 33.4 Å². The largest absolute Gasteiger partial charge is 0.496 e. The van der Waals surface area contributed by atoms with Crippen LogP contribution in [0, 0.1) is 5.41 Å². The van der Waals surface area contributed by atoms with E-state index in [2.05, 4.69) is 52.3 Å². The van der Waals surface area contributed by atoms with Crippen LogP contribution in [0.1, 0.15) is 26.3 Å². The van der Waals surface area contributed by atoms with Crippen molar-refractivity contribution in [3.63, 3.8) is 0 Å². The fraction of sp³-hybridized carbons (Fsp3) is 0.588. The highest BCUT2D eigenvalue weighted by Gasteiger charge is 2.24. The Balaban J connectivity index is 2.56. The first kappa shape index (κ1) is 19.8. The summed E-state index contributed by atoms with van der Waals surface area (Å²) in [7, 11) is 5.16. The molecule has 5 nitrogen and oxygen atoms in total. The molecule has 0 heterocycles. The summed E-state index contributed by atoms with van der Waals surface area (Å²) in [5.74, 6) is 1.58. The maximum absolute atomic E-state index is 5.55. The molecule has 6 heteroatoms. The molecule has 0 aliphatic carbocycles. The molecule has 0 spiro atoms. The van der Waals surface area contributed by atoms with Crippen molar-refractivity contribution in [3.8, 4) is 5.75 Å². The zero-order valence-electron chi connectivity index (χ0n) is 14.9. The molecule has 1 aromatic rings. The Morgan fingerprint density at radius 1 is 1.26 bits per heavy atom. The number of guanidine groups is 1. The van der Waals surface area contributed by atoms with Crippen LogP contribution in [-0.4, -0.2) is 39.9 Å². The molecule has 0 saturated carbocycles. The van der Waals surface area contributed by atoms with Gasteiger partial charge >= 0.3 is 0 Å². The number of halogens is 1. The first-order chi connectivity index (χ1) is 10.8. The van der Waals surface area contributed by atoms with Gasteiger partial charge in [0.1, 0.15) is 5.75 Å². The molecule has 2 N–H and O–H groups in total. The summed E-state index contributed by atoms with van der Waals surface area (Å²) in [6.07, 6.45) is 0.108. The van der Waals surface area contributed by atoms with Crippen molar-refractivity contribution in [3.05, 3.63) is 28.2 Å². The molecule has 0 saturated heterocycles. The highest BCUT2D eigenvalue weighted by atomic mass is 79.9. The monoisotopic (exact) mass is 385 g/mol. The molecule has 130 valence electrons. The summed E-state index contributed by atoms with van der Waals surface area (Å²) in [4.78, 5) is 4.25. The molecule has 1 unspecified atom stereocenters. The molecule has 1 aromatic carbocycles. The number of nitrogens with one attached hydrogen (secondary N) is 2. The van der Waals surface area contributed by atoms with E-state index >= 15 is 0 Å². The molecule has 0 aromatic heterocycles. The van der Waals surface area contributed by atoms with E-state index in [1.807, 2.05) is 18.2 Å². The van der Waals surface area contributed by atoms with Crippen LogP contribution in [0.15, 0.2) is 27.7 Å². The Morgan fingerprint density at radius 3 is 2.43 bits per heavy atom. The zero-order valence-corrected chi connectivity index (χ0v) is 16.5. The Morgan fingerprint density at radius 2 is 1.96 bits per heavy atom. The molecule has 0 radical (unpaired) electrons. The zero-order chi connectivity index (χ0) is 17.5. The molecule has 0 aliphatic heterocycles. The Labute approximate surface area is 148 Å². The van der Waals surface area contributed by atoms with Gasteiger partial charge in [-0.3, -0.25) is 4.99 Å². The number of ether oxygens (including phenoxy) is 2. The van der Waals surface area contributed by atoms with E-state index in [4.69, 9.17) is 9.47 Å². The van der Waals surface area contributed by atoms with E-state index in [1.54, 1.807) is 21.3 Å². The molecule has 0 fully saturated rings. The summed E-state index contributed by atoms with van der Waals surface area (Å²) in [5, 5.41) is 6.61. The van der Waals surface area contributed by atoms with Crippen LogP contribution in [0.25, 0.3) is 0 Å². The van der Waals surface area contributed by atoms with Crippen molar-refractivity contribution >= 4 is 21.9 Å². The molecule has 1 rings (SSSR count). The maximum atomic E-state index is 5.55. The third kappa shape index (κ3) is 6.39. The molecule has 23 heavy (non-hydrogen) atoms. The predicted octanol–water partition coefficient (Wildman–Crippen LogP) is 3.18. The van der Waals surface area contributed by atoms with Crippen molar-refractivity contribution in [2.75, 3.05) is 27.8 Å². The lowest BCUT2D eigenvalue weighted by Crippen LogP contribution is -2.45. The molecule has 1 atom stereocenters. The minimum Gasteiger partial charge on any atom is -0.496 e. The molecular weight excluding hydrogens is 358 g/mol. The molecule has 0 amide bonds. The van der Waals surface area contributed by atoms with Crippen LogP contribution < -0.4 is 15.4 Å². The number of rotatable bonds is 6. The van der Waals surface area contributed by atoms with Crippen LogP contribution in [-0.2, 0) is 11.3 Å². The SMILES string of the molecule is CN=C(NCc1ccc(OC)c(Br)c1)NCC(OC)C(C)(C)C. The van der Waals surface area contributed by atoms with Crippen molar-refractivity contribution in [1.29, 1.82) is 0 Å². The lowest BCUT2D eigenvalue weighted by Gasteiger charge is -2.30. The number of nitrogens with zero attached hydrogens (tertiary/aromatic N) is 1. The van der Waals surface area contributed by atoms with Gasteiger partial charge in [0.05, 0.1) is 17.7 Å². The normalized spacial score (nSPS) is 13.6. The first-order valence-electron chi connectivity index (χ1n) is 7.61. The van der Waals surface area contributed by atoms with Gasteiger partial charge in [-0.2, -0.15) is 0 Å². The summed E-state index contributed by atoms with van der Waals surface area (Å²) >= 11 is 3.50. The van der Waals surface area contributed by atoms with E-state index in [-0.39, 0.29) is 11.5 Å². The molecular formula is C17H28BrN3O2. The third-order valence-corrected chi connectivity index (χ3v) is 4.22. The van der Waals surface area contributed by atoms with Gasteiger partial charge in [0.2, 0.25) is 0 Å². The molecule has 0 bridgehead atoms. The van der Waals surface area contributed by atoms with Gasteiger partial charge in [-0.05, 0) is 39.0 Å². The first-order valence-corrected chi connectivity index (χ1v) is 8.40. The van der Waals surface area contributed by atoms with Gasteiger partial charge in [-0.1, -0.05) is 26.8 Å². The van der Waals surface area contributed by atoms with Crippen molar-refractivity contribution in [1.82, 2.24) is 10.6 Å². The number of methoxy groups -OCH3 is 2. The molecule has 0 aliphatic rings. The van der Waals surface area contributed by atoms with E-state index in [9.17, 15) is 0 Å². The van der Waals surface area contributed by atoms with E-state index in [0.29, 0.717) is 13.1 Å². The highest BCUT2D eigenvalue weighted by molar-refractivity contribution is 9.10. The second-order valence-corrected chi connectivity index (χ2v) is 7.22. The fourth-order valence-corrected chi connectivity index (χ4v) is 2.75. The highest BCUT2D eigenvalue weighted by Crippen LogP contribution is 2.25. The maximum Gasteiger partial charge on any atom is 0.191 e. The smallest absolute Gasteiger partial charge is 0.191 e. The fourth-order valence-electron chi connectivity index (χ4n) is 2.16. The van der Waals surface area contributed by atoms with Crippen LogP contribution in [0.5, 0.6) is 5.75 Å². The number of benzene rings is 1. The van der Waals surface area contributed by atoms with Crippen molar-refractivity contribution in [2.24, 2.45) is 10.4 Å². The van der Waals surface area contributed by atoms with E-state index in [1.165, 1.54) is 0 Å². The van der Waals surface area contributed by atoms with Crippen LogP contribution >= 0.6 is 15.9 Å². The lowest BCUT2D eigenvalue weighted by molar-refractivity contribution is 0.0205. The van der Waals surface area contributed by atoms with Crippen LogP contribution in [0.3, 0.4) is 0 Å². The van der Waals surface area contributed by atoms with Gasteiger partial charge in [-0.15, -0.1) is 0 Å². The second kappa shape index (κ2) is 9.13. The average Bonchev–Trinajstić information content (AvgIpc) is 2.49. The van der Waals surface area contributed by atoms with Gasteiger partial charge in [0.25, 0.3) is 0 Å². The minimum atomic E-state index is 0.0709. The quantitative estimate of drug-likeness (QED) is 0.583. The summed E-state index contributed by atoms with van der Waals surface area (Å²) in [6, 6.07) is 6.00. The Bertz CT molecular complexity index is 527. The Kier molecular flexibility index (Phi) is 7.85. The summed E-state index contributed by atoms with van der Waals surface area (Å²) in [6.45, 7) is 7.86. The number of hydrogen-bond donors (Lipinski definition) is 2. The predicted molar refractivity (Wildman–Crippen MR) is 99.1 cm³/mol. The van der Waals surface area contributed by atoms with E-state index in [0.717, 1.165) is 21.7 Å². The summed E-state index contributed by atoms with van der Waals surface area (Å²) < 4.78 is 11.7. The van der Waals surface area contributed by atoms with Gasteiger partial charge in [0, 0.05) is 27.2 Å².